The Bertz CT molecular complexity index is 593. The Labute approximate surface area is 113 Å². The quantitative estimate of drug-likeness (QED) is 0.887. The van der Waals surface area contributed by atoms with Crippen LogP contribution in [0.5, 0.6) is 5.75 Å². The van der Waals surface area contributed by atoms with Gasteiger partial charge in [-0.3, -0.25) is 4.79 Å². The van der Waals surface area contributed by atoms with Crippen LogP contribution in [-0.2, 0) is 12.8 Å². The number of H-pyrrole nitrogens is 1. The van der Waals surface area contributed by atoms with Gasteiger partial charge >= 0.3 is 0 Å². The fourth-order valence-corrected chi connectivity index (χ4v) is 2.70. The molecule has 0 spiro atoms. The highest BCUT2D eigenvalue weighted by molar-refractivity contribution is 9.10. The number of Topliss-reactive ketones (excluding diaryl/α,β-unsaturated/α-hetero) is 1. The molecule has 0 atom stereocenters. The zero-order chi connectivity index (χ0) is 12.5. The van der Waals surface area contributed by atoms with Gasteiger partial charge in [0.15, 0.2) is 5.82 Å². The number of aromatic nitrogens is 2. The number of carbonyl (C=O) groups excluding carboxylic acids is 1. The second-order valence-electron chi connectivity index (χ2n) is 4.19. The molecule has 3 rings (SSSR count). The van der Waals surface area contributed by atoms with E-state index in [4.69, 9.17) is 4.74 Å². The Hall–Kier alpha value is -1.62. The van der Waals surface area contributed by atoms with Gasteiger partial charge in [-0.2, -0.15) is 0 Å². The van der Waals surface area contributed by atoms with Crippen LogP contribution < -0.4 is 4.74 Å². The molecule has 5 heteroatoms. The van der Waals surface area contributed by atoms with Crippen LogP contribution in [0.25, 0.3) is 0 Å². The van der Waals surface area contributed by atoms with Crippen LogP contribution in [0.4, 0.5) is 0 Å². The number of ketones is 1. The van der Waals surface area contributed by atoms with Crippen LogP contribution in [0.15, 0.2) is 29.0 Å². The van der Waals surface area contributed by atoms with Crippen LogP contribution in [0, 0.1) is 0 Å². The average Bonchev–Trinajstić information content (AvgIpc) is 2.98. The van der Waals surface area contributed by atoms with Crippen molar-refractivity contribution in [2.24, 2.45) is 0 Å². The van der Waals surface area contributed by atoms with Crippen molar-refractivity contribution in [3.8, 4) is 5.75 Å². The van der Waals surface area contributed by atoms with E-state index in [-0.39, 0.29) is 5.78 Å². The summed E-state index contributed by atoms with van der Waals surface area (Å²) >= 11 is 3.46. The van der Waals surface area contributed by atoms with E-state index in [9.17, 15) is 4.79 Å². The van der Waals surface area contributed by atoms with Crippen molar-refractivity contribution in [2.75, 3.05) is 6.61 Å². The summed E-state index contributed by atoms with van der Waals surface area (Å²) in [6, 6.07) is 3.98. The van der Waals surface area contributed by atoms with Gasteiger partial charge in [-0.25, -0.2) is 4.98 Å². The minimum absolute atomic E-state index is 0.0317. The molecule has 1 aromatic heterocycles. The van der Waals surface area contributed by atoms with Crippen LogP contribution >= 0.6 is 15.9 Å². The summed E-state index contributed by atoms with van der Waals surface area (Å²) in [4.78, 5) is 18.8. The van der Waals surface area contributed by atoms with Gasteiger partial charge in [-0.15, -0.1) is 0 Å². The number of halogens is 1. The number of fused-ring (bicyclic) bond motifs is 1. The third-order valence-corrected chi connectivity index (χ3v) is 3.40. The predicted octanol–water partition coefficient (Wildman–Crippen LogP) is 2.53. The summed E-state index contributed by atoms with van der Waals surface area (Å²) in [5.41, 5.74) is 2.07. The second-order valence-corrected chi connectivity index (χ2v) is 5.11. The minimum atomic E-state index is -0.0317. The zero-order valence-corrected chi connectivity index (χ0v) is 11.2. The second kappa shape index (κ2) is 4.57. The highest BCUT2D eigenvalue weighted by Gasteiger charge is 2.20. The largest absolute Gasteiger partial charge is 0.493 e. The third-order valence-electron chi connectivity index (χ3n) is 2.94. The van der Waals surface area contributed by atoms with E-state index >= 15 is 0 Å². The number of rotatable bonds is 3. The molecule has 0 saturated heterocycles. The van der Waals surface area contributed by atoms with Crippen molar-refractivity contribution in [1.82, 2.24) is 9.97 Å². The normalized spacial score (nSPS) is 13.2. The molecule has 0 saturated carbocycles. The molecular weight excluding hydrogens is 296 g/mol. The number of nitrogens with zero attached hydrogens (tertiary/aromatic N) is 1. The predicted molar refractivity (Wildman–Crippen MR) is 70.0 cm³/mol. The lowest BCUT2D eigenvalue weighted by molar-refractivity contribution is 0.0983. The van der Waals surface area contributed by atoms with Gasteiger partial charge in [0.25, 0.3) is 0 Å². The lowest BCUT2D eigenvalue weighted by atomic mass is 10.0. The van der Waals surface area contributed by atoms with Crippen LogP contribution in [0.1, 0.15) is 21.7 Å². The first-order valence-corrected chi connectivity index (χ1v) is 6.50. The van der Waals surface area contributed by atoms with E-state index in [0.29, 0.717) is 18.9 Å². The maximum Gasteiger partial charge on any atom is 0.202 e. The van der Waals surface area contributed by atoms with Crippen molar-refractivity contribution < 1.29 is 9.53 Å². The van der Waals surface area contributed by atoms with Gasteiger partial charge in [-0.1, -0.05) is 15.9 Å². The van der Waals surface area contributed by atoms with Gasteiger partial charge in [-0.05, 0) is 17.7 Å². The molecular formula is C13H11BrN2O2. The topological polar surface area (TPSA) is 55.0 Å². The maximum atomic E-state index is 12.0. The molecule has 2 heterocycles. The zero-order valence-electron chi connectivity index (χ0n) is 9.57. The number of ether oxygens (including phenoxy) is 1. The standard InChI is InChI=1S/C13H11BrN2O2/c14-10-5-8-1-4-18-12(8)9(6-10)7-11(17)13-15-2-3-16-13/h2-3,5-6H,1,4,7H2,(H,15,16). The molecule has 2 aromatic rings. The number of hydrogen-bond acceptors (Lipinski definition) is 3. The first-order chi connectivity index (χ1) is 8.74. The highest BCUT2D eigenvalue weighted by atomic mass is 79.9. The first-order valence-electron chi connectivity index (χ1n) is 5.71. The Morgan fingerprint density at radius 3 is 3.17 bits per heavy atom. The van der Waals surface area contributed by atoms with Crippen molar-refractivity contribution in [1.29, 1.82) is 0 Å². The molecule has 1 aliphatic heterocycles. The Morgan fingerprint density at radius 2 is 2.39 bits per heavy atom. The van der Waals surface area contributed by atoms with E-state index in [2.05, 4.69) is 25.9 Å². The lowest BCUT2D eigenvalue weighted by Gasteiger charge is -2.07. The molecule has 92 valence electrons. The van der Waals surface area contributed by atoms with Crippen molar-refractivity contribution >= 4 is 21.7 Å². The van der Waals surface area contributed by atoms with E-state index in [1.54, 1.807) is 12.4 Å². The molecule has 0 aliphatic carbocycles. The molecule has 4 nitrogen and oxygen atoms in total. The van der Waals surface area contributed by atoms with E-state index < -0.39 is 0 Å². The smallest absolute Gasteiger partial charge is 0.202 e. The number of nitrogens with one attached hydrogen (secondary N) is 1. The molecule has 18 heavy (non-hydrogen) atoms. The first kappa shape index (κ1) is 11.5. The number of aromatic amines is 1. The number of imidazole rings is 1. The fraction of sp³-hybridized carbons (Fsp3) is 0.231. The van der Waals surface area contributed by atoms with Gasteiger partial charge in [0.1, 0.15) is 5.75 Å². The average molecular weight is 307 g/mol. The van der Waals surface area contributed by atoms with Gasteiger partial charge in [0, 0.05) is 35.3 Å². The fourth-order valence-electron chi connectivity index (χ4n) is 2.15. The van der Waals surface area contributed by atoms with Crippen molar-refractivity contribution in [2.45, 2.75) is 12.8 Å². The molecule has 1 aliphatic rings. The lowest BCUT2D eigenvalue weighted by Crippen LogP contribution is -2.06. The summed E-state index contributed by atoms with van der Waals surface area (Å²) in [6.07, 6.45) is 4.43. The van der Waals surface area contributed by atoms with E-state index in [1.807, 2.05) is 12.1 Å². The minimum Gasteiger partial charge on any atom is -0.493 e. The highest BCUT2D eigenvalue weighted by Crippen LogP contribution is 2.33. The van der Waals surface area contributed by atoms with Crippen molar-refractivity contribution in [3.05, 3.63) is 46.0 Å². The summed E-state index contributed by atoms with van der Waals surface area (Å²) < 4.78 is 6.58. The number of carbonyl (C=O) groups is 1. The van der Waals surface area contributed by atoms with Crippen molar-refractivity contribution in [3.63, 3.8) is 0 Å². The summed E-state index contributed by atoms with van der Waals surface area (Å²) in [7, 11) is 0. The van der Waals surface area contributed by atoms with Crippen LogP contribution in [-0.4, -0.2) is 22.4 Å². The van der Waals surface area contributed by atoms with E-state index in [1.165, 1.54) is 0 Å². The number of benzene rings is 1. The van der Waals surface area contributed by atoms with Gasteiger partial charge < -0.3 is 9.72 Å². The Morgan fingerprint density at radius 1 is 1.50 bits per heavy atom. The maximum absolute atomic E-state index is 12.0. The molecule has 0 fully saturated rings. The molecule has 1 aromatic carbocycles. The van der Waals surface area contributed by atoms with Crippen LogP contribution in [0.3, 0.4) is 0 Å². The number of hydrogen-bond donors (Lipinski definition) is 1. The Balaban J connectivity index is 1.91. The molecule has 1 N–H and O–H groups in total. The van der Waals surface area contributed by atoms with Crippen LogP contribution in [0.2, 0.25) is 0 Å². The molecule has 0 amide bonds. The SMILES string of the molecule is O=C(Cc1cc(Br)cc2c1OCC2)c1ncc[nH]1. The summed E-state index contributed by atoms with van der Waals surface area (Å²) in [5.74, 6) is 1.22. The molecule has 0 unspecified atom stereocenters. The molecule has 0 radical (unpaired) electrons. The third kappa shape index (κ3) is 2.06. The summed E-state index contributed by atoms with van der Waals surface area (Å²) in [5, 5.41) is 0. The van der Waals surface area contributed by atoms with Gasteiger partial charge in [0.2, 0.25) is 5.78 Å². The Kier molecular flexibility index (Phi) is 2.91. The summed E-state index contributed by atoms with van der Waals surface area (Å²) in [6.45, 7) is 0.688. The van der Waals surface area contributed by atoms with Gasteiger partial charge in [0.05, 0.1) is 6.61 Å². The monoisotopic (exact) mass is 306 g/mol. The van der Waals surface area contributed by atoms with E-state index in [0.717, 1.165) is 27.8 Å². The molecule has 0 bridgehead atoms.